The number of rotatable bonds is 3. The van der Waals surface area contributed by atoms with Gasteiger partial charge in [0.15, 0.2) is 0 Å². The fourth-order valence-corrected chi connectivity index (χ4v) is 3.23. The lowest BCUT2D eigenvalue weighted by Gasteiger charge is -2.12. The lowest BCUT2D eigenvalue weighted by atomic mass is 10.00. The molecule has 2 aromatic carbocycles. The minimum Gasteiger partial charge on any atom is -0.355 e. The minimum atomic E-state index is 0.253. The minimum absolute atomic E-state index is 0.253. The fourth-order valence-electron chi connectivity index (χ4n) is 3.23. The van der Waals surface area contributed by atoms with E-state index in [1.165, 1.54) is 21.9 Å². The molecular formula is C17H17NO. The van der Waals surface area contributed by atoms with Crippen LogP contribution in [0.4, 0.5) is 0 Å². The third-order valence-electron chi connectivity index (χ3n) is 4.40. The molecule has 96 valence electrons. The molecule has 2 heteroatoms. The van der Waals surface area contributed by atoms with Gasteiger partial charge in [0.2, 0.25) is 5.91 Å². The van der Waals surface area contributed by atoms with Crippen LogP contribution in [0.3, 0.4) is 0 Å². The summed E-state index contributed by atoms with van der Waals surface area (Å²) in [6.45, 7) is 0.781. The van der Waals surface area contributed by atoms with Crippen molar-refractivity contribution in [1.29, 1.82) is 0 Å². The van der Waals surface area contributed by atoms with Gasteiger partial charge in [-0.3, -0.25) is 4.79 Å². The molecule has 2 aromatic rings. The smallest absolute Gasteiger partial charge is 0.223 e. The molecule has 2 nitrogen and oxygen atoms in total. The van der Waals surface area contributed by atoms with Gasteiger partial charge in [0.25, 0.3) is 0 Å². The van der Waals surface area contributed by atoms with Crippen LogP contribution in [0.2, 0.25) is 0 Å². The summed E-state index contributed by atoms with van der Waals surface area (Å²) in [5.41, 5.74) is 2.84. The lowest BCUT2D eigenvalue weighted by Crippen LogP contribution is -2.29. The third-order valence-corrected chi connectivity index (χ3v) is 4.40. The van der Waals surface area contributed by atoms with Crippen molar-refractivity contribution in [2.45, 2.75) is 25.2 Å². The quantitative estimate of drug-likeness (QED) is 0.892. The summed E-state index contributed by atoms with van der Waals surface area (Å²) in [5, 5.41) is 5.86. The lowest BCUT2D eigenvalue weighted by molar-refractivity contribution is -0.122. The van der Waals surface area contributed by atoms with Gasteiger partial charge in [-0.15, -0.1) is 0 Å². The molecule has 19 heavy (non-hydrogen) atoms. The first kappa shape index (κ1) is 11.0. The predicted molar refractivity (Wildman–Crippen MR) is 76.1 cm³/mol. The van der Waals surface area contributed by atoms with Gasteiger partial charge in [-0.1, -0.05) is 36.4 Å². The average molecular weight is 251 g/mol. The van der Waals surface area contributed by atoms with Crippen LogP contribution >= 0.6 is 0 Å². The van der Waals surface area contributed by atoms with E-state index in [1.54, 1.807) is 0 Å². The standard InChI is InChI=1S/C17H17NO/c19-17(12-7-8-12)18-10-14-9-13-5-1-3-11-4-2-6-15(14)16(11)13/h1-6,12,14H,7-10H2,(H,18,19)/t14-/m1/s1. The van der Waals surface area contributed by atoms with Gasteiger partial charge in [-0.25, -0.2) is 0 Å². The number of amides is 1. The van der Waals surface area contributed by atoms with Crippen molar-refractivity contribution in [2.75, 3.05) is 6.54 Å². The van der Waals surface area contributed by atoms with Gasteiger partial charge >= 0.3 is 0 Å². The zero-order valence-corrected chi connectivity index (χ0v) is 10.9. The number of nitrogens with one attached hydrogen (secondary N) is 1. The highest BCUT2D eigenvalue weighted by molar-refractivity contribution is 5.91. The molecule has 1 saturated carbocycles. The average Bonchev–Trinajstić information content (AvgIpc) is 3.22. The van der Waals surface area contributed by atoms with Gasteiger partial charge < -0.3 is 5.32 Å². The molecule has 0 spiro atoms. The number of carbonyl (C=O) groups is 1. The van der Waals surface area contributed by atoms with Gasteiger partial charge in [0.1, 0.15) is 0 Å². The molecule has 2 aliphatic rings. The number of hydrogen-bond donors (Lipinski definition) is 1. The van der Waals surface area contributed by atoms with Crippen LogP contribution in [0.5, 0.6) is 0 Å². The van der Waals surface area contributed by atoms with Crippen molar-refractivity contribution < 1.29 is 4.79 Å². The van der Waals surface area contributed by atoms with Crippen LogP contribution < -0.4 is 5.32 Å². The summed E-state index contributed by atoms with van der Waals surface area (Å²) in [4.78, 5) is 11.8. The second kappa shape index (κ2) is 4.09. The van der Waals surface area contributed by atoms with E-state index in [4.69, 9.17) is 0 Å². The van der Waals surface area contributed by atoms with E-state index in [0.717, 1.165) is 25.8 Å². The molecule has 0 saturated heterocycles. The molecule has 4 rings (SSSR count). The Bertz CT molecular complexity index is 652. The second-order valence-electron chi connectivity index (χ2n) is 5.78. The Kier molecular flexibility index (Phi) is 2.37. The zero-order valence-electron chi connectivity index (χ0n) is 10.9. The highest BCUT2D eigenvalue weighted by Gasteiger charge is 2.31. The van der Waals surface area contributed by atoms with Crippen molar-refractivity contribution in [3.05, 3.63) is 47.5 Å². The van der Waals surface area contributed by atoms with Crippen LogP contribution in [-0.2, 0) is 11.2 Å². The first-order valence-electron chi connectivity index (χ1n) is 7.11. The van der Waals surface area contributed by atoms with E-state index < -0.39 is 0 Å². The molecule has 1 atom stereocenters. The Balaban J connectivity index is 1.60. The Morgan fingerprint density at radius 2 is 1.95 bits per heavy atom. The normalized spacial score (nSPS) is 20.7. The Labute approximate surface area is 112 Å². The summed E-state index contributed by atoms with van der Waals surface area (Å²) in [5.74, 6) is 1.01. The number of hydrogen-bond acceptors (Lipinski definition) is 1. The van der Waals surface area contributed by atoms with Crippen molar-refractivity contribution in [2.24, 2.45) is 5.92 Å². The molecule has 1 N–H and O–H groups in total. The van der Waals surface area contributed by atoms with E-state index in [2.05, 4.69) is 41.7 Å². The third kappa shape index (κ3) is 1.83. The van der Waals surface area contributed by atoms with Gasteiger partial charge in [-0.05, 0) is 41.2 Å². The molecule has 0 aliphatic heterocycles. The highest BCUT2D eigenvalue weighted by Crippen LogP contribution is 2.38. The molecular weight excluding hydrogens is 234 g/mol. The van der Waals surface area contributed by atoms with Crippen molar-refractivity contribution in [3.8, 4) is 0 Å². The molecule has 2 aliphatic carbocycles. The van der Waals surface area contributed by atoms with Crippen LogP contribution in [0.1, 0.15) is 29.9 Å². The fraction of sp³-hybridized carbons (Fsp3) is 0.353. The summed E-state index contributed by atoms with van der Waals surface area (Å²) >= 11 is 0. The van der Waals surface area contributed by atoms with Crippen molar-refractivity contribution in [1.82, 2.24) is 5.32 Å². The van der Waals surface area contributed by atoms with E-state index >= 15 is 0 Å². The summed E-state index contributed by atoms with van der Waals surface area (Å²) in [7, 11) is 0. The molecule has 0 aromatic heterocycles. The van der Waals surface area contributed by atoms with E-state index in [0.29, 0.717) is 11.8 Å². The Morgan fingerprint density at radius 3 is 2.74 bits per heavy atom. The summed E-state index contributed by atoms with van der Waals surface area (Å²) in [6.07, 6.45) is 3.21. The molecule has 0 unspecified atom stereocenters. The highest BCUT2D eigenvalue weighted by atomic mass is 16.2. The molecule has 1 amide bonds. The summed E-state index contributed by atoms with van der Waals surface area (Å²) in [6, 6.07) is 13.0. The van der Waals surface area contributed by atoms with Gasteiger partial charge in [0, 0.05) is 18.4 Å². The second-order valence-corrected chi connectivity index (χ2v) is 5.78. The number of benzene rings is 2. The predicted octanol–water partition coefficient (Wildman–Crippen LogP) is 3.01. The molecule has 0 radical (unpaired) electrons. The van der Waals surface area contributed by atoms with Gasteiger partial charge in [0.05, 0.1) is 0 Å². The first-order chi connectivity index (χ1) is 9.33. The van der Waals surface area contributed by atoms with Gasteiger partial charge in [-0.2, -0.15) is 0 Å². The van der Waals surface area contributed by atoms with E-state index in [-0.39, 0.29) is 5.91 Å². The molecule has 1 fully saturated rings. The van der Waals surface area contributed by atoms with Crippen LogP contribution in [0, 0.1) is 5.92 Å². The maximum atomic E-state index is 11.8. The van der Waals surface area contributed by atoms with Crippen LogP contribution in [0.15, 0.2) is 36.4 Å². The maximum Gasteiger partial charge on any atom is 0.223 e. The first-order valence-corrected chi connectivity index (χ1v) is 7.11. The topological polar surface area (TPSA) is 29.1 Å². The van der Waals surface area contributed by atoms with Crippen molar-refractivity contribution in [3.63, 3.8) is 0 Å². The maximum absolute atomic E-state index is 11.8. The Morgan fingerprint density at radius 1 is 1.16 bits per heavy atom. The van der Waals surface area contributed by atoms with Crippen LogP contribution in [0.25, 0.3) is 10.8 Å². The van der Waals surface area contributed by atoms with Crippen molar-refractivity contribution >= 4 is 16.7 Å². The zero-order chi connectivity index (χ0) is 12.8. The monoisotopic (exact) mass is 251 g/mol. The molecule has 0 bridgehead atoms. The van der Waals surface area contributed by atoms with E-state index in [1.807, 2.05) is 0 Å². The summed E-state index contributed by atoms with van der Waals surface area (Å²) < 4.78 is 0. The SMILES string of the molecule is O=C(NC[C@H]1Cc2cccc3cccc1c23)C1CC1. The Hall–Kier alpha value is -1.83. The van der Waals surface area contributed by atoms with E-state index in [9.17, 15) is 4.79 Å². The van der Waals surface area contributed by atoms with Crippen LogP contribution in [-0.4, -0.2) is 12.5 Å². The number of carbonyl (C=O) groups excluding carboxylic acids is 1. The largest absolute Gasteiger partial charge is 0.355 e. The molecule has 0 heterocycles.